The molecule has 1 heterocycles. The SMILES string of the molecule is C[C@@H]1NCCC[C@@H]1NS(=O)(=O)c1ccccc1[N+](=O)[O-]. The number of hydrogen-bond acceptors (Lipinski definition) is 5. The van der Waals surface area contributed by atoms with E-state index in [-0.39, 0.29) is 17.0 Å². The fraction of sp³-hybridized carbons (Fsp3) is 0.500. The van der Waals surface area contributed by atoms with Crippen molar-refractivity contribution in [2.24, 2.45) is 0 Å². The van der Waals surface area contributed by atoms with Gasteiger partial charge in [-0.2, -0.15) is 0 Å². The predicted molar refractivity (Wildman–Crippen MR) is 73.9 cm³/mol. The van der Waals surface area contributed by atoms with Crippen molar-refractivity contribution in [1.82, 2.24) is 10.0 Å². The summed E-state index contributed by atoms with van der Waals surface area (Å²) in [5, 5.41) is 14.1. The number of nitro benzene ring substituents is 1. The lowest BCUT2D eigenvalue weighted by Gasteiger charge is -2.30. The molecule has 110 valence electrons. The van der Waals surface area contributed by atoms with Gasteiger partial charge in [0.05, 0.1) is 4.92 Å². The Morgan fingerprint density at radius 3 is 2.75 bits per heavy atom. The Morgan fingerprint density at radius 1 is 1.40 bits per heavy atom. The quantitative estimate of drug-likeness (QED) is 0.638. The molecule has 1 aliphatic rings. The topological polar surface area (TPSA) is 101 Å². The van der Waals surface area contributed by atoms with Gasteiger partial charge in [-0.25, -0.2) is 13.1 Å². The molecule has 1 aromatic carbocycles. The van der Waals surface area contributed by atoms with Crippen LogP contribution in [0.5, 0.6) is 0 Å². The molecule has 20 heavy (non-hydrogen) atoms. The second-order valence-corrected chi connectivity index (χ2v) is 6.52. The molecule has 1 aromatic rings. The molecule has 0 radical (unpaired) electrons. The molecule has 2 N–H and O–H groups in total. The molecular formula is C12H17N3O4S. The molecule has 8 heteroatoms. The van der Waals surface area contributed by atoms with Crippen LogP contribution in [0.25, 0.3) is 0 Å². The average molecular weight is 299 g/mol. The van der Waals surface area contributed by atoms with Crippen LogP contribution in [0.4, 0.5) is 5.69 Å². The van der Waals surface area contributed by atoms with Crippen molar-refractivity contribution in [2.45, 2.75) is 36.7 Å². The molecule has 1 saturated heterocycles. The molecule has 0 amide bonds. The number of benzene rings is 1. The Labute approximate surface area is 117 Å². The number of hydrogen-bond donors (Lipinski definition) is 2. The van der Waals surface area contributed by atoms with Gasteiger partial charge in [-0.3, -0.25) is 10.1 Å². The van der Waals surface area contributed by atoms with E-state index < -0.39 is 20.6 Å². The van der Waals surface area contributed by atoms with E-state index in [4.69, 9.17) is 0 Å². The first-order valence-electron chi connectivity index (χ1n) is 6.41. The second-order valence-electron chi connectivity index (χ2n) is 4.84. The highest BCUT2D eigenvalue weighted by molar-refractivity contribution is 7.89. The third-order valence-electron chi connectivity index (χ3n) is 3.42. The molecule has 2 rings (SSSR count). The summed E-state index contributed by atoms with van der Waals surface area (Å²) in [6, 6.07) is 5.11. The van der Waals surface area contributed by atoms with Crippen molar-refractivity contribution in [3.8, 4) is 0 Å². The molecule has 0 unspecified atom stereocenters. The fourth-order valence-corrected chi connectivity index (χ4v) is 3.83. The van der Waals surface area contributed by atoms with Crippen LogP contribution in [0.2, 0.25) is 0 Å². The summed E-state index contributed by atoms with van der Waals surface area (Å²) in [6.45, 7) is 2.75. The van der Waals surface area contributed by atoms with Crippen LogP contribution in [-0.2, 0) is 10.0 Å². The van der Waals surface area contributed by atoms with Crippen LogP contribution < -0.4 is 10.0 Å². The van der Waals surface area contributed by atoms with Gasteiger partial charge in [0.15, 0.2) is 4.90 Å². The van der Waals surface area contributed by atoms with Crippen molar-refractivity contribution >= 4 is 15.7 Å². The molecule has 1 fully saturated rings. The normalized spacial score (nSPS) is 23.4. The first kappa shape index (κ1) is 14.9. The van der Waals surface area contributed by atoms with E-state index in [1.54, 1.807) is 0 Å². The molecule has 7 nitrogen and oxygen atoms in total. The summed E-state index contributed by atoms with van der Waals surface area (Å²) >= 11 is 0. The average Bonchev–Trinajstić information content (AvgIpc) is 2.41. The zero-order valence-electron chi connectivity index (χ0n) is 11.1. The van der Waals surface area contributed by atoms with Crippen LogP contribution >= 0.6 is 0 Å². The largest absolute Gasteiger partial charge is 0.313 e. The van der Waals surface area contributed by atoms with Gasteiger partial charge >= 0.3 is 0 Å². The first-order valence-corrected chi connectivity index (χ1v) is 7.89. The lowest BCUT2D eigenvalue weighted by atomic mass is 10.0. The molecule has 0 spiro atoms. The van der Waals surface area contributed by atoms with E-state index in [2.05, 4.69) is 10.0 Å². The zero-order valence-corrected chi connectivity index (χ0v) is 11.9. The monoisotopic (exact) mass is 299 g/mol. The van der Waals surface area contributed by atoms with Crippen LogP contribution in [0.3, 0.4) is 0 Å². The van der Waals surface area contributed by atoms with Crippen molar-refractivity contribution < 1.29 is 13.3 Å². The number of nitrogens with zero attached hydrogens (tertiary/aromatic N) is 1. The molecule has 0 aliphatic carbocycles. The minimum Gasteiger partial charge on any atom is -0.313 e. The van der Waals surface area contributed by atoms with Gasteiger partial charge in [-0.1, -0.05) is 12.1 Å². The Bertz CT molecular complexity index is 602. The Morgan fingerprint density at radius 2 is 2.10 bits per heavy atom. The summed E-state index contributed by atoms with van der Waals surface area (Å²) in [7, 11) is -3.90. The van der Waals surface area contributed by atoms with Gasteiger partial charge in [0, 0.05) is 18.2 Å². The van der Waals surface area contributed by atoms with Crippen LogP contribution in [0.15, 0.2) is 29.2 Å². The van der Waals surface area contributed by atoms with E-state index in [1.165, 1.54) is 24.3 Å². The number of sulfonamides is 1. The van der Waals surface area contributed by atoms with Crippen molar-refractivity contribution in [3.05, 3.63) is 34.4 Å². The third kappa shape index (κ3) is 3.14. The standard InChI is InChI=1S/C12H17N3O4S/c1-9-10(5-4-8-13-9)14-20(18,19)12-7-3-2-6-11(12)15(16)17/h2-3,6-7,9-10,13-14H,4-5,8H2,1H3/t9-,10-/m0/s1. The third-order valence-corrected chi connectivity index (χ3v) is 4.96. The fourth-order valence-electron chi connectivity index (χ4n) is 2.30. The molecule has 0 bridgehead atoms. The van der Waals surface area contributed by atoms with Crippen LogP contribution in [0, 0.1) is 10.1 Å². The highest BCUT2D eigenvalue weighted by Gasteiger charge is 2.30. The number of rotatable bonds is 4. The summed E-state index contributed by atoms with van der Waals surface area (Å²) in [5.74, 6) is 0. The van der Waals surface area contributed by atoms with E-state index in [9.17, 15) is 18.5 Å². The lowest BCUT2D eigenvalue weighted by Crippen LogP contribution is -2.51. The second kappa shape index (κ2) is 5.86. The van der Waals surface area contributed by atoms with E-state index in [1.807, 2.05) is 6.92 Å². The van der Waals surface area contributed by atoms with E-state index >= 15 is 0 Å². The maximum Gasteiger partial charge on any atom is 0.289 e. The maximum absolute atomic E-state index is 12.3. The van der Waals surface area contributed by atoms with Gasteiger partial charge in [-0.15, -0.1) is 0 Å². The van der Waals surface area contributed by atoms with Crippen LogP contribution in [0.1, 0.15) is 19.8 Å². The molecule has 2 atom stereocenters. The summed E-state index contributed by atoms with van der Waals surface area (Å²) in [5.41, 5.74) is -0.406. The first-order chi connectivity index (χ1) is 9.42. The molecular weight excluding hydrogens is 282 g/mol. The molecule has 0 saturated carbocycles. The Kier molecular flexibility index (Phi) is 4.36. The van der Waals surface area contributed by atoms with Crippen molar-refractivity contribution in [1.29, 1.82) is 0 Å². The number of para-hydroxylation sites is 1. The summed E-state index contributed by atoms with van der Waals surface area (Å²) < 4.78 is 27.2. The maximum atomic E-state index is 12.3. The van der Waals surface area contributed by atoms with E-state index in [0.29, 0.717) is 6.42 Å². The van der Waals surface area contributed by atoms with Crippen molar-refractivity contribution in [3.63, 3.8) is 0 Å². The number of piperidine rings is 1. The van der Waals surface area contributed by atoms with Crippen molar-refractivity contribution in [2.75, 3.05) is 6.54 Å². The lowest BCUT2D eigenvalue weighted by molar-refractivity contribution is -0.387. The highest BCUT2D eigenvalue weighted by atomic mass is 32.2. The van der Waals surface area contributed by atoms with Gasteiger partial charge in [0.1, 0.15) is 0 Å². The smallest absolute Gasteiger partial charge is 0.289 e. The Balaban J connectivity index is 2.29. The van der Waals surface area contributed by atoms with Crippen LogP contribution in [-0.4, -0.2) is 32.0 Å². The number of nitrogens with one attached hydrogen (secondary N) is 2. The molecule has 1 aliphatic heterocycles. The van der Waals surface area contributed by atoms with Gasteiger partial charge in [-0.05, 0) is 32.4 Å². The van der Waals surface area contributed by atoms with Gasteiger partial charge in [0.25, 0.3) is 5.69 Å². The zero-order chi connectivity index (χ0) is 14.8. The highest BCUT2D eigenvalue weighted by Crippen LogP contribution is 2.23. The minimum atomic E-state index is -3.90. The number of nitro groups is 1. The van der Waals surface area contributed by atoms with Gasteiger partial charge < -0.3 is 5.32 Å². The molecule has 0 aromatic heterocycles. The minimum absolute atomic E-state index is 0.00120. The van der Waals surface area contributed by atoms with E-state index in [0.717, 1.165) is 13.0 Å². The Hall–Kier alpha value is -1.51. The van der Waals surface area contributed by atoms with Gasteiger partial charge in [0.2, 0.25) is 10.0 Å². The predicted octanol–water partition coefficient (Wildman–Crippen LogP) is 1.01. The summed E-state index contributed by atoms with van der Waals surface area (Å²) in [4.78, 5) is 9.95. The summed E-state index contributed by atoms with van der Waals surface area (Å²) in [6.07, 6.45) is 1.59.